The maximum Gasteiger partial charge on any atom is 0.225 e. The Bertz CT molecular complexity index is 359. The van der Waals surface area contributed by atoms with Crippen molar-refractivity contribution in [2.75, 3.05) is 13.1 Å². The molecule has 1 aliphatic heterocycles. The van der Waals surface area contributed by atoms with Gasteiger partial charge in [0.2, 0.25) is 12.3 Å². The standard InChI is InChI=1S/C10H13N3O2/c14-10(7-1-2-7)13-4-3-8(5-13)9-11-6-15-12-9/h6-8H,1-5H2. The molecule has 1 atom stereocenters. The van der Waals surface area contributed by atoms with Gasteiger partial charge in [-0.15, -0.1) is 0 Å². The Morgan fingerprint density at radius 2 is 2.33 bits per heavy atom. The number of rotatable bonds is 2. The Hall–Kier alpha value is -1.39. The average molecular weight is 207 g/mol. The molecule has 1 amide bonds. The van der Waals surface area contributed by atoms with Gasteiger partial charge >= 0.3 is 0 Å². The lowest BCUT2D eigenvalue weighted by Crippen LogP contribution is -2.29. The van der Waals surface area contributed by atoms with Crippen LogP contribution in [0.5, 0.6) is 0 Å². The Morgan fingerprint density at radius 3 is 3.00 bits per heavy atom. The molecule has 0 N–H and O–H groups in total. The van der Waals surface area contributed by atoms with Crippen LogP contribution in [0.1, 0.15) is 31.0 Å². The summed E-state index contributed by atoms with van der Waals surface area (Å²) in [4.78, 5) is 17.8. The highest BCUT2D eigenvalue weighted by Crippen LogP contribution is 2.34. The number of amides is 1. The lowest BCUT2D eigenvalue weighted by atomic mass is 10.1. The number of hydrogen-bond acceptors (Lipinski definition) is 4. The van der Waals surface area contributed by atoms with Gasteiger partial charge in [0.15, 0.2) is 5.82 Å². The summed E-state index contributed by atoms with van der Waals surface area (Å²) in [6.07, 6.45) is 4.45. The first-order valence-electron chi connectivity index (χ1n) is 5.39. The minimum Gasteiger partial charge on any atom is -0.343 e. The molecule has 1 aromatic heterocycles. The summed E-state index contributed by atoms with van der Waals surface area (Å²) in [5.74, 6) is 1.64. The van der Waals surface area contributed by atoms with Crippen LogP contribution < -0.4 is 0 Å². The zero-order chi connectivity index (χ0) is 10.3. The van der Waals surface area contributed by atoms with Crippen LogP contribution >= 0.6 is 0 Å². The van der Waals surface area contributed by atoms with Crippen LogP contribution in [0.15, 0.2) is 10.9 Å². The van der Waals surface area contributed by atoms with Gasteiger partial charge in [0.25, 0.3) is 0 Å². The van der Waals surface area contributed by atoms with E-state index < -0.39 is 0 Å². The monoisotopic (exact) mass is 207 g/mol. The summed E-state index contributed by atoms with van der Waals surface area (Å²) in [6.45, 7) is 1.60. The largest absolute Gasteiger partial charge is 0.343 e. The number of carbonyl (C=O) groups is 1. The normalized spacial score (nSPS) is 25.9. The molecular formula is C10H13N3O2. The van der Waals surface area contributed by atoms with Crippen LogP contribution in [0.25, 0.3) is 0 Å². The summed E-state index contributed by atoms with van der Waals surface area (Å²) in [5.41, 5.74) is 0. The van der Waals surface area contributed by atoms with Gasteiger partial charge in [0, 0.05) is 24.9 Å². The van der Waals surface area contributed by atoms with Crippen molar-refractivity contribution in [2.45, 2.75) is 25.2 Å². The predicted octanol–water partition coefficient (Wildman–Crippen LogP) is 0.796. The third-order valence-electron chi connectivity index (χ3n) is 3.17. The smallest absolute Gasteiger partial charge is 0.225 e. The van der Waals surface area contributed by atoms with Crippen LogP contribution in [0.2, 0.25) is 0 Å². The molecule has 80 valence electrons. The molecule has 5 nitrogen and oxygen atoms in total. The van der Waals surface area contributed by atoms with Gasteiger partial charge in [0.05, 0.1) is 0 Å². The van der Waals surface area contributed by atoms with Gasteiger partial charge in [-0.1, -0.05) is 5.16 Å². The van der Waals surface area contributed by atoms with E-state index in [2.05, 4.69) is 10.1 Å². The van der Waals surface area contributed by atoms with Gasteiger partial charge < -0.3 is 9.42 Å². The van der Waals surface area contributed by atoms with Crippen molar-refractivity contribution in [1.29, 1.82) is 0 Å². The van der Waals surface area contributed by atoms with E-state index in [4.69, 9.17) is 4.52 Å². The first kappa shape index (κ1) is 8.88. The van der Waals surface area contributed by atoms with Crippen LogP contribution in [0, 0.1) is 5.92 Å². The first-order chi connectivity index (χ1) is 7.34. The summed E-state index contributed by atoms with van der Waals surface area (Å²) >= 11 is 0. The molecule has 2 fully saturated rings. The Kier molecular flexibility index (Phi) is 1.97. The summed E-state index contributed by atoms with van der Waals surface area (Å²) < 4.78 is 4.72. The molecule has 1 saturated carbocycles. The molecule has 5 heteroatoms. The highest BCUT2D eigenvalue weighted by atomic mass is 16.5. The van der Waals surface area contributed by atoms with E-state index in [1.807, 2.05) is 4.90 Å². The van der Waals surface area contributed by atoms with Crippen molar-refractivity contribution in [1.82, 2.24) is 15.0 Å². The Balaban J connectivity index is 1.65. The molecule has 1 aliphatic carbocycles. The second kappa shape index (κ2) is 3.32. The SMILES string of the molecule is O=C(C1CC1)N1CCC(c2ncon2)C1. The van der Waals surface area contributed by atoms with E-state index in [-0.39, 0.29) is 5.92 Å². The molecule has 0 spiro atoms. The molecule has 1 aromatic rings. The Morgan fingerprint density at radius 1 is 1.47 bits per heavy atom. The van der Waals surface area contributed by atoms with Gasteiger partial charge in [-0.3, -0.25) is 4.79 Å². The highest BCUT2D eigenvalue weighted by molar-refractivity contribution is 5.81. The van der Waals surface area contributed by atoms with E-state index in [1.54, 1.807) is 0 Å². The maximum atomic E-state index is 11.8. The lowest BCUT2D eigenvalue weighted by molar-refractivity contribution is -0.131. The van der Waals surface area contributed by atoms with Crippen molar-refractivity contribution in [3.05, 3.63) is 12.2 Å². The fourth-order valence-corrected chi connectivity index (χ4v) is 2.12. The third kappa shape index (κ3) is 1.62. The summed E-state index contributed by atoms with van der Waals surface area (Å²) in [7, 11) is 0. The van der Waals surface area contributed by atoms with E-state index in [1.165, 1.54) is 6.39 Å². The third-order valence-corrected chi connectivity index (χ3v) is 3.17. The maximum absolute atomic E-state index is 11.8. The fraction of sp³-hybridized carbons (Fsp3) is 0.700. The van der Waals surface area contributed by atoms with Gasteiger partial charge in [-0.05, 0) is 19.3 Å². The van der Waals surface area contributed by atoms with Crippen LogP contribution in [-0.2, 0) is 4.79 Å². The second-order valence-corrected chi connectivity index (χ2v) is 4.33. The predicted molar refractivity (Wildman–Crippen MR) is 51.0 cm³/mol. The molecule has 1 saturated heterocycles. The molecule has 0 aromatic carbocycles. The van der Waals surface area contributed by atoms with Crippen molar-refractivity contribution in [3.63, 3.8) is 0 Å². The van der Waals surface area contributed by atoms with Crippen molar-refractivity contribution >= 4 is 5.91 Å². The fourth-order valence-electron chi connectivity index (χ4n) is 2.12. The molecule has 2 heterocycles. The van der Waals surface area contributed by atoms with Crippen LogP contribution in [0.3, 0.4) is 0 Å². The molecule has 0 radical (unpaired) electrons. The van der Waals surface area contributed by atoms with Crippen molar-refractivity contribution in [3.8, 4) is 0 Å². The van der Waals surface area contributed by atoms with E-state index in [9.17, 15) is 4.79 Å². The second-order valence-electron chi connectivity index (χ2n) is 4.33. The minimum atomic E-state index is 0.270. The quantitative estimate of drug-likeness (QED) is 0.719. The Labute approximate surface area is 87.4 Å². The van der Waals surface area contributed by atoms with Gasteiger partial charge in [0.1, 0.15) is 0 Å². The number of carbonyl (C=O) groups excluding carboxylic acids is 1. The highest BCUT2D eigenvalue weighted by Gasteiger charge is 2.37. The molecule has 0 bridgehead atoms. The number of likely N-dealkylation sites (tertiary alicyclic amines) is 1. The van der Waals surface area contributed by atoms with Gasteiger partial charge in [-0.2, -0.15) is 4.98 Å². The topological polar surface area (TPSA) is 59.2 Å². The minimum absolute atomic E-state index is 0.270. The van der Waals surface area contributed by atoms with Crippen LogP contribution in [-0.4, -0.2) is 34.0 Å². The van der Waals surface area contributed by atoms with Crippen molar-refractivity contribution in [2.24, 2.45) is 5.92 Å². The van der Waals surface area contributed by atoms with Crippen molar-refractivity contribution < 1.29 is 9.32 Å². The first-order valence-corrected chi connectivity index (χ1v) is 5.39. The van der Waals surface area contributed by atoms with Gasteiger partial charge in [-0.25, -0.2) is 0 Å². The molecule has 2 aliphatic rings. The summed E-state index contributed by atoms with van der Waals surface area (Å²) in [5, 5.41) is 3.83. The van der Waals surface area contributed by atoms with E-state index in [0.717, 1.165) is 38.2 Å². The lowest BCUT2D eigenvalue weighted by Gasteiger charge is -2.14. The zero-order valence-electron chi connectivity index (χ0n) is 8.43. The van der Waals surface area contributed by atoms with E-state index in [0.29, 0.717) is 11.8 Å². The number of hydrogen-bond donors (Lipinski definition) is 0. The van der Waals surface area contributed by atoms with Crippen LogP contribution in [0.4, 0.5) is 0 Å². The zero-order valence-corrected chi connectivity index (χ0v) is 8.43. The molecule has 3 rings (SSSR count). The van der Waals surface area contributed by atoms with E-state index >= 15 is 0 Å². The molecular weight excluding hydrogens is 194 g/mol. The molecule has 1 unspecified atom stereocenters. The number of aromatic nitrogens is 2. The number of nitrogens with zero attached hydrogens (tertiary/aromatic N) is 3. The average Bonchev–Trinajstić information content (AvgIpc) is 2.80. The summed E-state index contributed by atoms with van der Waals surface area (Å²) in [6, 6.07) is 0. The molecule has 15 heavy (non-hydrogen) atoms.